The second kappa shape index (κ2) is 7.87. The topological polar surface area (TPSA) is 83.5 Å². The highest BCUT2D eigenvalue weighted by Gasteiger charge is 2.03. The van der Waals surface area contributed by atoms with Crippen molar-refractivity contribution >= 4 is 5.90 Å². The summed E-state index contributed by atoms with van der Waals surface area (Å²) in [7, 11) is 0. The van der Waals surface area contributed by atoms with Crippen molar-refractivity contribution in [2.75, 3.05) is 6.54 Å². The monoisotopic (exact) mass is 298 g/mol. The van der Waals surface area contributed by atoms with Gasteiger partial charge >= 0.3 is 0 Å². The summed E-state index contributed by atoms with van der Waals surface area (Å²) in [5, 5.41) is 20.6. The maximum Gasteiger partial charge on any atom is 0.169 e. The van der Waals surface area contributed by atoms with Crippen molar-refractivity contribution in [1.82, 2.24) is 4.90 Å². The number of hydrogen-bond donors (Lipinski definition) is 1. The molecule has 2 heterocycles. The van der Waals surface area contributed by atoms with E-state index >= 15 is 0 Å². The van der Waals surface area contributed by atoms with Crippen LogP contribution < -0.4 is 9.67 Å². The van der Waals surface area contributed by atoms with E-state index in [2.05, 4.69) is 10.1 Å². The summed E-state index contributed by atoms with van der Waals surface area (Å²) in [6.07, 6.45) is 14.5. The Morgan fingerprint density at radius 3 is 2.55 bits per heavy atom. The fourth-order valence-electron chi connectivity index (χ4n) is 2.11. The number of unbranched alkanes of at least 4 members (excludes halogenated alkanes) is 1. The number of allylic oxidation sites excluding steroid dienone is 3. The van der Waals surface area contributed by atoms with E-state index in [4.69, 9.17) is 5.41 Å². The smallest absolute Gasteiger partial charge is 0.169 e. The molecule has 2 rings (SSSR count). The zero-order chi connectivity index (χ0) is 15.8. The van der Waals surface area contributed by atoms with Gasteiger partial charge in [0.1, 0.15) is 6.54 Å². The largest absolute Gasteiger partial charge is 0.859 e. The van der Waals surface area contributed by atoms with Crippen LogP contribution in [0, 0.1) is 10.3 Å². The van der Waals surface area contributed by atoms with Crippen molar-refractivity contribution in [1.29, 1.82) is 5.41 Å². The molecule has 0 aromatic carbocycles. The van der Waals surface area contributed by atoms with Gasteiger partial charge in [-0.25, -0.2) is 4.57 Å². The molecule has 1 aliphatic rings. The third-order valence-corrected chi connectivity index (χ3v) is 3.35. The fraction of sp³-hybridized carbons (Fsp3) is 0.250. The summed E-state index contributed by atoms with van der Waals surface area (Å²) in [6, 6.07) is 3.33. The molecule has 0 atom stereocenters. The quantitative estimate of drug-likeness (QED) is 0.272. The molecular formula is C16H18N4O2. The van der Waals surface area contributed by atoms with Crippen molar-refractivity contribution in [3.63, 3.8) is 0 Å². The van der Waals surface area contributed by atoms with Crippen LogP contribution in [0.4, 0.5) is 0 Å². The lowest BCUT2D eigenvalue weighted by molar-refractivity contribution is -0.697. The van der Waals surface area contributed by atoms with Crippen LogP contribution in [-0.4, -0.2) is 17.3 Å². The van der Waals surface area contributed by atoms with Crippen LogP contribution in [-0.2, 0) is 6.54 Å². The van der Waals surface area contributed by atoms with Crippen molar-refractivity contribution in [3.05, 3.63) is 71.3 Å². The van der Waals surface area contributed by atoms with Crippen LogP contribution in [0.5, 0.6) is 0 Å². The number of hydrogen-bond acceptors (Lipinski definition) is 5. The zero-order valence-electron chi connectivity index (χ0n) is 12.2. The summed E-state index contributed by atoms with van der Waals surface area (Å²) < 4.78 is 2.00. The predicted molar refractivity (Wildman–Crippen MR) is 81.6 cm³/mol. The maximum atomic E-state index is 10.9. The van der Waals surface area contributed by atoms with Crippen LogP contribution >= 0.6 is 0 Å². The molecule has 0 saturated carbocycles. The first kappa shape index (κ1) is 15.6. The average molecular weight is 298 g/mol. The van der Waals surface area contributed by atoms with Gasteiger partial charge in [0.2, 0.25) is 0 Å². The first-order valence-corrected chi connectivity index (χ1v) is 7.09. The Balaban J connectivity index is 1.71. The van der Waals surface area contributed by atoms with E-state index < -0.39 is 5.90 Å². The van der Waals surface area contributed by atoms with Gasteiger partial charge in [0, 0.05) is 37.5 Å². The highest BCUT2D eigenvalue weighted by molar-refractivity contribution is 5.87. The fourth-order valence-corrected chi connectivity index (χ4v) is 2.11. The Hall–Kier alpha value is -2.76. The van der Waals surface area contributed by atoms with Gasteiger partial charge in [0.05, 0.1) is 6.20 Å². The minimum absolute atomic E-state index is 0.411. The minimum atomic E-state index is -0.658. The Kier molecular flexibility index (Phi) is 5.59. The van der Waals surface area contributed by atoms with Gasteiger partial charge < -0.3 is 15.4 Å². The van der Waals surface area contributed by atoms with E-state index in [0.29, 0.717) is 5.56 Å². The third kappa shape index (κ3) is 4.66. The molecule has 6 heteroatoms. The Labute approximate surface area is 129 Å². The molecule has 0 fully saturated rings. The third-order valence-electron chi connectivity index (χ3n) is 3.35. The molecule has 0 aliphatic carbocycles. The summed E-state index contributed by atoms with van der Waals surface area (Å²) in [4.78, 5) is 12.2. The minimum Gasteiger partial charge on any atom is -0.859 e. The Morgan fingerprint density at radius 1 is 1.27 bits per heavy atom. The van der Waals surface area contributed by atoms with Gasteiger partial charge in [-0.15, -0.1) is 4.91 Å². The number of pyridine rings is 1. The first-order valence-electron chi connectivity index (χ1n) is 7.09. The average Bonchev–Trinajstić information content (AvgIpc) is 2.54. The second-order valence-corrected chi connectivity index (χ2v) is 4.96. The summed E-state index contributed by atoms with van der Waals surface area (Å²) in [5.41, 5.74) is 1.21. The predicted octanol–water partition coefficient (Wildman–Crippen LogP) is 1.43. The zero-order valence-corrected chi connectivity index (χ0v) is 12.2. The van der Waals surface area contributed by atoms with Crippen molar-refractivity contribution < 1.29 is 9.67 Å². The molecule has 6 nitrogen and oxygen atoms in total. The molecule has 0 bridgehead atoms. The molecule has 1 aromatic heterocycles. The molecule has 1 N–H and O–H groups in total. The van der Waals surface area contributed by atoms with Gasteiger partial charge in [-0.1, -0.05) is 0 Å². The normalized spacial score (nSPS) is 13.3. The van der Waals surface area contributed by atoms with Gasteiger partial charge in [-0.2, -0.15) is 0 Å². The van der Waals surface area contributed by atoms with E-state index in [1.807, 2.05) is 41.5 Å². The van der Waals surface area contributed by atoms with E-state index in [-0.39, 0.29) is 0 Å². The summed E-state index contributed by atoms with van der Waals surface area (Å²) in [5.74, 6) is -0.658. The van der Waals surface area contributed by atoms with E-state index in [1.54, 1.807) is 12.1 Å². The van der Waals surface area contributed by atoms with Crippen LogP contribution in [0.2, 0.25) is 0 Å². The number of nitrogens with one attached hydrogen (secondary N) is 1. The Morgan fingerprint density at radius 2 is 1.95 bits per heavy atom. The van der Waals surface area contributed by atoms with E-state index in [9.17, 15) is 10.0 Å². The van der Waals surface area contributed by atoms with E-state index in [0.717, 1.165) is 31.5 Å². The molecular weight excluding hydrogens is 280 g/mol. The number of aromatic nitrogens is 1. The summed E-state index contributed by atoms with van der Waals surface area (Å²) in [6.45, 7) is 1.77. The lowest BCUT2D eigenvalue weighted by Gasteiger charge is -2.17. The van der Waals surface area contributed by atoms with Crippen molar-refractivity contribution in [2.24, 2.45) is 5.18 Å². The molecule has 1 aliphatic heterocycles. The SMILES string of the molecule is N=C([O-])c1cc[n+](CCCCN2C=CC(=CN=O)C=C2)cc1. The standard InChI is InChI=1S/C16H18N4O2/c17-16(21)15-5-11-20(12-6-15)8-2-1-7-19-9-3-14(4-10-19)13-18-22/h3-6,9-13H,1-2,7-8H2,(H-,17,21). The van der Waals surface area contributed by atoms with Crippen LogP contribution in [0.1, 0.15) is 18.4 Å². The lowest BCUT2D eigenvalue weighted by Crippen LogP contribution is -2.33. The highest BCUT2D eigenvalue weighted by atomic mass is 16.3. The van der Waals surface area contributed by atoms with Gasteiger partial charge in [-0.05, 0) is 40.8 Å². The van der Waals surface area contributed by atoms with Gasteiger partial charge in [0.25, 0.3) is 0 Å². The molecule has 0 saturated heterocycles. The lowest BCUT2D eigenvalue weighted by atomic mass is 10.2. The highest BCUT2D eigenvalue weighted by Crippen LogP contribution is 2.10. The molecule has 0 spiro atoms. The van der Waals surface area contributed by atoms with Crippen LogP contribution in [0.15, 0.2) is 66.0 Å². The van der Waals surface area contributed by atoms with Crippen LogP contribution in [0.3, 0.4) is 0 Å². The molecule has 0 radical (unpaired) electrons. The number of aryl methyl sites for hydroxylation is 1. The van der Waals surface area contributed by atoms with E-state index in [1.165, 1.54) is 6.20 Å². The van der Waals surface area contributed by atoms with Gasteiger partial charge in [0.15, 0.2) is 12.4 Å². The summed E-state index contributed by atoms with van der Waals surface area (Å²) >= 11 is 0. The first-order chi connectivity index (χ1) is 10.7. The molecule has 114 valence electrons. The molecule has 22 heavy (non-hydrogen) atoms. The number of nitrogens with zero attached hydrogens (tertiary/aromatic N) is 3. The maximum absolute atomic E-state index is 10.9. The molecule has 1 aromatic rings. The Bertz CT molecular complexity index is 602. The van der Waals surface area contributed by atoms with Gasteiger partial charge in [-0.3, -0.25) is 0 Å². The molecule has 0 unspecified atom stereocenters. The second-order valence-electron chi connectivity index (χ2n) is 4.96. The number of nitroso groups, excluding NO2 is 1. The number of rotatable bonds is 7. The van der Waals surface area contributed by atoms with Crippen molar-refractivity contribution in [3.8, 4) is 0 Å². The van der Waals surface area contributed by atoms with Crippen LogP contribution in [0.25, 0.3) is 0 Å². The molecule has 0 amide bonds. The van der Waals surface area contributed by atoms with Crippen molar-refractivity contribution in [2.45, 2.75) is 19.4 Å².